The summed E-state index contributed by atoms with van der Waals surface area (Å²) >= 11 is 0. The van der Waals surface area contributed by atoms with Crippen LogP contribution >= 0.6 is 0 Å². The minimum Gasteiger partial charge on any atom is -0.493 e. The molecule has 0 aliphatic carbocycles. The molecule has 1 heterocycles. The number of carbonyl (C=O) groups excluding carboxylic acids is 1. The molecular weight excluding hydrogens is 228 g/mol. The van der Waals surface area contributed by atoms with Crippen LogP contribution in [-0.4, -0.2) is 18.0 Å². The van der Waals surface area contributed by atoms with Gasteiger partial charge in [0, 0.05) is 6.07 Å². The number of fused-ring (bicyclic) bond motifs is 1. The molecule has 3 nitrogen and oxygen atoms in total. The lowest BCUT2D eigenvalue weighted by Crippen LogP contribution is -2.35. The van der Waals surface area contributed by atoms with Crippen molar-refractivity contribution >= 4 is 5.78 Å². The third-order valence-corrected chi connectivity index (χ3v) is 2.81. The summed E-state index contributed by atoms with van der Waals surface area (Å²) in [6, 6.07) is 5.44. The molecule has 0 saturated carbocycles. The maximum atomic E-state index is 12.0. The summed E-state index contributed by atoms with van der Waals surface area (Å²) in [5, 5.41) is 0. The number of ketones is 1. The van der Waals surface area contributed by atoms with Crippen LogP contribution < -0.4 is 9.47 Å². The highest BCUT2D eigenvalue weighted by Gasteiger charge is 2.32. The van der Waals surface area contributed by atoms with Crippen molar-refractivity contribution in [2.45, 2.75) is 39.7 Å². The quantitative estimate of drug-likeness (QED) is 0.821. The van der Waals surface area contributed by atoms with Crippen LogP contribution in [0.4, 0.5) is 0 Å². The van der Waals surface area contributed by atoms with Crippen molar-refractivity contribution in [3.63, 3.8) is 0 Å². The van der Waals surface area contributed by atoms with Gasteiger partial charge in [-0.15, -0.1) is 0 Å². The molecule has 0 saturated heterocycles. The lowest BCUT2D eigenvalue weighted by atomic mass is 9.93. The first-order chi connectivity index (χ1) is 8.37. The summed E-state index contributed by atoms with van der Waals surface area (Å²) in [7, 11) is 0. The zero-order chi connectivity index (χ0) is 13.3. The van der Waals surface area contributed by atoms with Gasteiger partial charge in [0.15, 0.2) is 5.78 Å². The van der Waals surface area contributed by atoms with E-state index in [-0.39, 0.29) is 5.78 Å². The van der Waals surface area contributed by atoms with Gasteiger partial charge in [0.25, 0.3) is 0 Å². The van der Waals surface area contributed by atoms with E-state index < -0.39 is 5.60 Å². The number of rotatable bonds is 3. The first kappa shape index (κ1) is 12.9. The van der Waals surface area contributed by atoms with Gasteiger partial charge in [0.05, 0.1) is 18.6 Å². The Morgan fingerprint density at radius 2 is 2.11 bits per heavy atom. The van der Waals surface area contributed by atoms with E-state index in [1.165, 1.54) is 0 Å². The fourth-order valence-corrected chi connectivity index (χ4v) is 1.99. The molecule has 0 N–H and O–H groups in total. The summed E-state index contributed by atoms with van der Waals surface area (Å²) in [6.45, 7) is 8.71. The zero-order valence-corrected chi connectivity index (χ0v) is 11.4. The lowest BCUT2D eigenvalue weighted by molar-refractivity contribution is 0.0618. The molecule has 0 radical (unpaired) electrons. The molecule has 18 heavy (non-hydrogen) atoms. The van der Waals surface area contributed by atoms with E-state index in [4.69, 9.17) is 9.47 Å². The maximum absolute atomic E-state index is 12.0. The third kappa shape index (κ3) is 2.84. The van der Waals surface area contributed by atoms with E-state index in [9.17, 15) is 4.79 Å². The Bertz CT molecular complexity index is 461. The van der Waals surface area contributed by atoms with Gasteiger partial charge in [-0.05, 0) is 31.9 Å². The van der Waals surface area contributed by atoms with Crippen molar-refractivity contribution in [2.75, 3.05) is 6.61 Å². The van der Waals surface area contributed by atoms with Gasteiger partial charge in [-0.2, -0.15) is 0 Å². The van der Waals surface area contributed by atoms with E-state index in [0.29, 0.717) is 30.3 Å². The van der Waals surface area contributed by atoms with Crippen molar-refractivity contribution in [1.82, 2.24) is 0 Å². The number of benzene rings is 1. The first-order valence-electron chi connectivity index (χ1n) is 6.36. The average Bonchev–Trinajstić information content (AvgIpc) is 2.24. The van der Waals surface area contributed by atoms with Crippen LogP contribution in [0.25, 0.3) is 0 Å². The van der Waals surface area contributed by atoms with Gasteiger partial charge in [-0.25, -0.2) is 0 Å². The van der Waals surface area contributed by atoms with Crippen molar-refractivity contribution in [2.24, 2.45) is 5.92 Å². The van der Waals surface area contributed by atoms with Gasteiger partial charge < -0.3 is 9.47 Å². The lowest BCUT2D eigenvalue weighted by Gasteiger charge is -2.31. The molecule has 0 unspecified atom stereocenters. The Hall–Kier alpha value is -1.51. The van der Waals surface area contributed by atoms with Crippen LogP contribution in [-0.2, 0) is 0 Å². The molecular formula is C15H20O3. The second-order valence-electron chi connectivity index (χ2n) is 5.82. The van der Waals surface area contributed by atoms with Crippen LogP contribution in [0.2, 0.25) is 0 Å². The summed E-state index contributed by atoms with van der Waals surface area (Å²) in [5.41, 5.74) is 0.229. The summed E-state index contributed by atoms with van der Waals surface area (Å²) in [6.07, 6.45) is 0.423. The molecule has 98 valence electrons. The van der Waals surface area contributed by atoms with Crippen LogP contribution in [0, 0.1) is 5.92 Å². The van der Waals surface area contributed by atoms with Gasteiger partial charge in [0.1, 0.15) is 17.1 Å². The number of Topliss-reactive ketones (excluding diaryl/α,β-unsaturated/α-hetero) is 1. The Morgan fingerprint density at radius 3 is 2.78 bits per heavy atom. The second kappa shape index (κ2) is 4.63. The standard InChI is InChI=1S/C15H20O3/c1-10(2)9-17-11-5-6-12-13(16)8-15(3,4)18-14(12)7-11/h5-7,10H,8-9H2,1-4H3. The van der Waals surface area contributed by atoms with E-state index in [0.717, 1.165) is 5.75 Å². The summed E-state index contributed by atoms with van der Waals surface area (Å²) < 4.78 is 11.5. The third-order valence-electron chi connectivity index (χ3n) is 2.81. The number of hydrogen-bond donors (Lipinski definition) is 0. The SMILES string of the molecule is CC(C)COc1ccc2c(c1)OC(C)(C)CC2=O. The van der Waals surface area contributed by atoms with Crippen molar-refractivity contribution in [3.8, 4) is 11.5 Å². The summed E-state index contributed by atoms with van der Waals surface area (Å²) in [4.78, 5) is 12.0. The van der Waals surface area contributed by atoms with Crippen molar-refractivity contribution in [3.05, 3.63) is 23.8 Å². The highest BCUT2D eigenvalue weighted by atomic mass is 16.5. The van der Waals surface area contributed by atoms with Gasteiger partial charge in [-0.1, -0.05) is 13.8 Å². The Morgan fingerprint density at radius 1 is 1.39 bits per heavy atom. The average molecular weight is 248 g/mol. The Labute approximate surface area is 108 Å². The first-order valence-corrected chi connectivity index (χ1v) is 6.36. The van der Waals surface area contributed by atoms with Crippen molar-refractivity contribution in [1.29, 1.82) is 0 Å². The molecule has 1 aromatic rings. The van der Waals surface area contributed by atoms with E-state index in [1.54, 1.807) is 6.07 Å². The van der Waals surface area contributed by atoms with Gasteiger partial charge >= 0.3 is 0 Å². The fraction of sp³-hybridized carbons (Fsp3) is 0.533. The maximum Gasteiger partial charge on any atom is 0.170 e. The zero-order valence-electron chi connectivity index (χ0n) is 11.4. The highest BCUT2D eigenvalue weighted by molar-refractivity contribution is 6.00. The normalized spacial score (nSPS) is 17.3. The predicted molar refractivity (Wildman–Crippen MR) is 70.4 cm³/mol. The molecule has 1 aliphatic heterocycles. The molecule has 0 bridgehead atoms. The van der Waals surface area contributed by atoms with Crippen molar-refractivity contribution < 1.29 is 14.3 Å². The van der Waals surface area contributed by atoms with Gasteiger partial charge in [-0.3, -0.25) is 4.79 Å². The van der Waals surface area contributed by atoms with Gasteiger partial charge in [0.2, 0.25) is 0 Å². The second-order valence-corrected chi connectivity index (χ2v) is 5.82. The van der Waals surface area contributed by atoms with Crippen LogP contribution in [0.3, 0.4) is 0 Å². The fourth-order valence-electron chi connectivity index (χ4n) is 1.99. The highest BCUT2D eigenvalue weighted by Crippen LogP contribution is 2.35. The predicted octanol–water partition coefficient (Wildman–Crippen LogP) is 3.47. The molecule has 0 aromatic heterocycles. The largest absolute Gasteiger partial charge is 0.493 e. The van der Waals surface area contributed by atoms with Crippen LogP contribution in [0.1, 0.15) is 44.5 Å². The minimum atomic E-state index is -0.430. The van der Waals surface area contributed by atoms with Crippen LogP contribution in [0.5, 0.6) is 11.5 Å². The molecule has 3 heteroatoms. The molecule has 0 atom stereocenters. The Kier molecular flexibility index (Phi) is 3.33. The summed E-state index contributed by atoms with van der Waals surface area (Å²) in [5.74, 6) is 2.00. The number of ether oxygens (including phenoxy) is 2. The molecule has 1 aliphatic rings. The topological polar surface area (TPSA) is 35.5 Å². The monoisotopic (exact) mass is 248 g/mol. The van der Waals surface area contributed by atoms with E-state index in [1.807, 2.05) is 26.0 Å². The van der Waals surface area contributed by atoms with Crippen LogP contribution in [0.15, 0.2) is 18.2 Å². The molecule has 0 spiro atoms. The molecule has 1 aromatic carbocycles. The minimum absolute atomic E-state index is 0.136. The Balaban J connectivity index is 2.23. The number of carbonyl (C=O) groups is 1. The number of hydrogen-bond acceptors (Lipinski definition) is 3. The molecule has 0 amide bonds. The van der Waals surface area contributed by atoms with E-state index >= 15 is 0 Å². The van der Waals surface area contributed by atoms with E-state index in [2.05, 4.69) is 13.8 Å². The smallest absolute Gasteiger partial charge is 0.170 e. The molecule has 0 fully saturated rings. The molecule has 2 rings (SSSR count).